The molecule has 0 saturated heterocycles. The highest BCUT2D eigenvalue weighted by Gasteiger charge is 2.28. The molecule has 1 aliphatic carbocycles. The molecule has 0 bridgehead atoms. The van der Waals surface area contributed by atoms with Crippen molar-refractivity contribution in [3.63, 3.8) is 0 Å². The topological polar surface area (TPSA) is 17.8 Å². The monoisotopic (exact) mass is 442 g/mol. The fourth-order valence-corrected chi connectivity index (χ4v) is 4.47. The van der Waals surface area contributed by atoms with Crippen LogP contribution in [0.15, 0.2) is 48.8 Å². The summed E-state index contributed by atoms with van der Waals surface area (Å²) in [6, 6.07) is 13.8. The van der Waals surface area contributed by atoms with Gasteiger partial charge in [0.2, 0.25) is 0 Å². The highest BCUT2D eigenvalue weighted by Crippen LogP contribution is 2.49. The average molecular weight is 443 g/mol. The van der Waals surface area contributed by atoms with E-state index in [9.17, 15) is 13.2 Å². The smallest absolute Gasteiger partial charge is 0.272 e. The van der Waals surface area contributed by atoms with Crippen molar-refractivity contribution in [1.82, 2.24) is 9.78 Å². The number of alkyl halides is 3. The molecule has 2 nitrogen and oxygen atoms in total. The molecule has 172 valence electrons. The molecule has 0 amide bonds. The van der Waals surface area contributed by atoms with Crippen molar-refractivity contribution in [2.75, 3.05) is 0 Å². The molecule has 0 aliphatic heterocycles. The van der Waals surface area contributed by atoms with E-state index in [1.165, 1.54) is 51.8 Å². The summed E-state index contributed by atoms with van der Waals surface area (Å²) in [5.74, 6) is 0.455. The molecule has 0 N–H and O–H groups in total. The first-order valence-electron chi connectivity index (χ1n) is 11.3. The minimum atomic E-state index is -3.67. The Balaban J connectivity index is 0.000000668. The Kier molecular flexibility index (Phi) is 7.47. The van der Waals surface area contributed by atoms with E-state index in [0.29, 0.717) is 5.92 Å². The molecule has 32 heavy (non-hydrogen) atoms. The molecule has 0 radical (unpaired) electrons. The summed E-state index contributed by atoms with van der Waals surface area (Å²) in [7, 11) is 0. The van der Waals surface area contributed by atoms with Gasteiger partial charge in [-0.1, -0.05) is 77.4 Å². The van der Waals surface area contributed by atoms with Crippen molar-refractivity contribution in [3.05, 3.63) is 65.5 Å². The number of unbranched alkanes of at least 4 members (excludes halogenated alkanes) is 1. The van der Waals surface area contributed by atoms with Gasteiger partial charge in [-0.05, 0) is 51.6 Å². The van der Waals surface area contributed by atoms with Gasteiger partial charge in [0.05, 0.1) is 6.20 Å². The fraction of sp³-hybridized carbons (Fsp3) is 0.444. The fourth-order valence-electron chi connectivity index (χ4n) is 4.47. The third-order valence-corrected chi connectivity index (χ3v) is 5.79. The van der Waals surface area contributed by atoms with Crippen LogP contribution in [0.4, 0.5) is 13.2 Å². The Morgan fingerprint density at radius 1 is 1.03 bits per heavy atom. The number of rotatable bonds is 5. The Labute approximate surface area is 189 Å². The summed E-state index contributed by atoms with van der Waals surface area (Å²) >= 11 is 0. The molecule has 5 heteroatoms. The molecular formula is C27H33F3N2. The zero-order valence-electron chi connectivity index (χ0n) is 19.6. The van der Waals surface area contributed by atoms with Gasteiger partial charge in [-0.15, -0.1) is 0 Å². The second-order valence-electron chi connectivity index (χ2n) is 9.75. The van der Waals surface area contributed by atoms with Crippen LogP contribution >= 0.6 is 0 Å². The van der Waals surface area contributed by atoms with Gasteiger partial charge >= 0.3 is 6.68 Å². The van der Waals surface area contributed by atoms with Crippen LogP contribution in [-0.2, 0) is 13.0 Å². The van der Waals surface area contributed by atoms with Gasteiger partial charge < -0.3 is 0 Å². The normalized spacial score (nSPS) is 14.7. The molecule has 1 aromatic heterocycles. The summed E-state index contributed by atoms with van der Waals surface area (Å²) in [4.78, 5) is 0. The summed E-state index contributed by atoms with van der Waals surface area (Å²) in [6.45, 7) is 8.65. The van der Waals surface area contributed by atoms with E-state index in [0.717, 1.165) is 13.0 Å². The van der Waals surface area contributed by atoms with Gasteiger partial charge in [0.1, 0.15) is 0 Å². The van der Waals surface area contributed by atoms with E-state index in [1.54, 1.807) is 0 Å². The zero-order chi connectivity index (χ0) is 23.5. The number of halogens is 3. The molecule has 0 fully saturated rings. The number of fused-ring (bicyclic) bond motifs is 3. The van der Waals surface area contributed by atoms with E-state index in [2.05, 4.69) is 93.2 Å². The molecular weight excluding hydrogens is 409 g/mol. The predicted molar refractivity (Wildman–Crippen MR) is 126 cm³/mol. The van der Waals surface area contributed by atoms with Gasteiger partial charge in [0.15, 0.2) is 0 Å². The van der Waals surface area contributed by atoms with Crippen LogP contribution in [0.25, 0.3) is 22.3 Å². The number of aromatic nitrogens is 2. The molecule has 4 rings (SSSR count). The zero-order valence-corrected chi connectivity index (χ0v) is 19.6. The molecule has 1 aliphatic rings. The first kappa shape index (κ1) is 24.1. The van der Waals surface area contributed by atoms with E-state index in [-0.39, 0.29) is 5.41 Å². The molecule has 0 spiro atoms. The minimum absolute atomic E-state index is 0.218. The van der Waals surface area contributed by atoms with Crippen molar-refractivity contribution in [2.45, 2.75) is 73.0 Å². The van der Waals surface area contributed by atoms with Crippen molar-refractivity contribution in [2.24, 2.45) is 5.41 Å². The largest absolute Gasteiger partial charge is 0.379 e. The van der Waals surface area contributed by atoms with Crippen molar-refractivity contribution in [1.29, 1.82) is 0 Å². The molecule has 1 atom stereocenters. The molecule has 0 saturated carbocycles. The van der Waals surface area contributed by atoms with Gasteiger partial charge in [0.25, 0.3) is 0 Å². The summed E-state index contributed by atoms with van der Waals surface area (Å²) in [5, 5.41) is 4.69. The predicted octanol–water partition coefficient (Wildman–Crippen LogP) is 8.25. The Bertz CT molecular complexity index is 1040. The maximum Gasteiger partial charge on any atom is 0.379 e. The molecule has 3 aromatic rings. The third kappa shape index (κ3) is 5.62. The average Bonchev–Trinajstić information content (AvgIpc) is 3.27. The quantitative estimate of drug-likeness (QED) is 0.389. The lowest BCUT2D eigenvalue weighted by atomic mass is 9.90. The van der Waals surface area contributed by atoms with E-state index < -0.39 is 6.68 Å². The van der Waals surface area contributed by atoms with Crippen LogP contribution in [0.3, 0.4) is 0 Å². The standard InChI is InChI=1S/C26H32N2.CHF3/c1-6-7-10-19-13-23-18(2)21-11-8-9-12-22(21)25(23)24(14-19)20-15-27-28(16-20)17-26(3,4)5;2-1(3)4/h8-9,11-16,18H,6-7,10,17H2,1-5H3;1H. The highest BCUT2D eigenvalue weighted by atomic mass is 19.4. The van der Waals surface area contributed by atoms with Crippen LogP contribution in [0.2, 0.25) is 0 Å². The van der Waals surface area contributed by atoms with Crippen LogP contribution in [0.5, 0.6) is 0 Å². The van der Waals surface area contributed by atoms with Crippen molar-refractivity contribution in [3.8, 4) is 22.3 Å². The van der Waals surface area contributed by atoms with Gasteiger partial charge in [0, 0.05) is 24.2 Å². The Morgan fingerprint density at radius 2 is 1.72 bits per heavy atom. The number of nitrogens with zero attached hydrogens (tertiary/aromatic N) is 2. The van der Waals surface area contributed by atoms with E-state index in [4.69, 9.17) is 0 Å². The Morgan fingerprint density at radius 3 is 2.38 bits per heavy atom. The first-order chi connectivity index (χ1) is 15.1. The second kappa shape index (κ2) is 9.93. The third-order valence-electron chi connectivity index (χ3n) is 5.79. The number of hydrogen-bond donors (Lipinski definition) is 0. The number of hydrogen-bond acceptors (Lipinski definition) is 1. The van der Waals surface area contributed by atoms with E-state index >= 15 is 0 Å². The van der Waals surface area contributed by atoms with Crippen LogP contribution in [-0.4, -0.2) is 16.5 Å². The highest BCUT2D eigenvalue weighted by molar-refractivity contribution is 5.91. The molecule has 2 aromatic carbocycles. The lowest BCUT2D eigenvalue weighted by Crippen LogP contribution is -2.15. The van der Waals surface area contributed by atoms with Crippen LogP contribution in [0, 0.1) is 5.41 Å². The summed E-state index contributed by atoms with van der Waals surface area (Å²) in [6.07, 6.45) is 7.90. The van der Waals surface area contributed by atoms with Gasteiger partial charge in [-0.2, -0.15) is 18.3 Å². The number of aryl methyl sites for hydroxylation is 1. The second-order valence-corrected chi connectivity index (χ2v) is 9.75. The SMILES string of the molecule is CCCCc1cc(-c2cnn(CC(C)(C)C)c2)c2c(c1)C(C)c1ccccc1-2.FC(F)F. The molecule has 1 heterocycles. The maximum atomic E-state index is 9.67. The summed E-state index contributed by atoms with van der Waals surface area (Å²) < 4.78 is 31.1. The minimum Gasteiger partial charge on any atom is -0.272 e. The van der Waals surface area contributed by atoms with Crippen molar-refractivity contribution < 1.29 is 13.2 Å². The van der Waals surface area contributed by atoms with Gasteiger partial charge in [-0.25, -0.2) is 0 Å². The van der Waals surface area contributed by atoms with E-state index in [1.807, 2.05) is 0 Å². The Hall–Kier alpha value is -2.56. The summed E-state index contributed by atoms with van der Waals surface area (Å²) in [5.41, 5.74) is 10.0. The molecule has 1 unspecified atom stereocenters. The maximum absolute atomic E-state index is 9.67. The van der Waals surface area contributed by atoms with Crippen molar-refractivity contribution >= 4 is 0 Å². The van der Waals surface area contributed by atoms with Crippen LogP contribution in [0.1, 0.15) is 70.1 Å². The lowest BCUT2D eigenvalue weighted by molar-refractivity contribution is 0.00819. The van der Waals surface area contributed by atoms with Gasteiger partial charge in [-0.3, -0.25) is 4.68 Å². The number of benzene rings is 2. The van der Waals surface area contributed by atoms with Crippen LogP contribution < -0.4 is 0 Å². The first-order valence-corrected chi connectivity index (χ1v) is 11.3. The lowest BCUT2D eigenvalue weighted by Gasteiger charge is -2.17.